The lowest BCUT2D eigenvalue weighted by Gasteiger charge is -2.06. The van der Waals surface area contributed by atoms with Gasteiger partial charge in [0.05, 0.1) is 0 Å². The topological polar surface area (TPSA) is 52.9 Å². The van der Waals surface area contributed by atoms with Crippen LogP contribution in [0.2, 0.25) is 0 Å². The lowest BCUT2D eigenvalue weighted by atomic mass is 10.1. The van der Waals surface area contributed by atoms with Crippen LogP contribution in [0.15, 0.2) is 24.3 Å². The molecule has 129 valence electrons. The number of hydrogen-bond donors (Lipinski definition) is 1. The van der Waals surface area contributed by atoms with Crippen molar-refractivity contribution in [3.05, 3.63) is 35.4 Å². The lowest BCUT2D eigenvalue weighted by molar-refractivity contribution is 0.0953. The summed E-state index contributed by atoms with van der Waals surface area (Å²) in [5, 5.41) is 2.98. The van der Waals surface area contributed by atoms with Gasteiger partial charge < -0.3 is 5.32 Å². The Labute approximate surface area is 142 Å². The maximum atomic E-state index is 11.9. The number of carbonyl (C=O) groups excluding carboxylic acids is 1. The van der Waals surface area contributed by atoms with Gasteiger partial charge in [-0.25, -0.2) is 0 Å². The summed E-state index contributed by atoms with van der Waals surface area (Å²) in [5.74, 6) is -0.00236. The minimum atomic E-state index is -0.00236. The summed E-state index contributed by atoms with van der Waals surface area (Å²) in [6.07, 6.45) is 13.1. The fourth-order valence-electron chi connectivity index (χ4n) is 2.69. The highest BCUT2D eigenvalue weighted by molar-refractivity contribution is 5.94. The minimum Gasteiger partial charge on any atom is -0.352 e. The van der Waals surface area contributed by atoms with Crippen LogP contribution < -0.4 is 11.1 Å². The molecule has 2 N–H and O–H groups in total. The van der Waals surface area contributed by atoms with Crippen molar-refractivity contribution in [1.82, 2.24) is 11.1 Å². The summed E-state index contributed by atoms with van der Waals surface area (Å²) in [4.78, 5) is 11.9. The first-order valence-corrected chi connectivity index (χ1v) is 9.29. The van der Waals surface area contributed by atoms with Crippen molar-refractivity contribution < 1.29 is 4.79 Å². The summed E-state index contributed by atoms with van der Waals surface area (Å²) >= 11 is 0. The predicted octanol–water partition coefficient (Wildman–Crippen LogP) is 5.12. The fraction of sp³-hybridized carbons (Fsp3) is 0.650. The van der Waals surface area contributed by atoms with Gasteiger partial charge in [-0.1, -0.05) is 76.8 Å². The molecule has 1 rings (SSSR count). The van der Waals surface area contributed by atoms with Gasteiger partial charge in [0.1, 0.15) is 0 Å². The zero-order valence-corrected chi connectivity index (χ0v) is 14.7. The van der Waals surface area contributed by atoms with Gasteiger partial charge in [0.2, 0.25) is 0 Å². The Kier molecular flexibility index (Phi) is 11.2. The molecule has 0 saturated carbocycles. The Morgan fingerprint density at radius 2 is 1.39 bits per heavy atom. The maximum Gasteiger partial charge on any atom is 0.251 e. The van der Waals surface area contributed by atoms with E-state index in [4.69, 9.17) is 5.73 Å². The molecule has 0 spiro atoms. The van der Waals surface area contributed by atoms with Crippen molar-refractivity contribution in [2.24, 2.45) is 0 Å². The molecule has 0 heterocycles. The van der Waals surface area contributed by atoms with Crippen molar-refractivity contribution in [3.63, 3.8) is 0 Å². The van der Waals surface area contributed by atoms with E-state index in [0.29, 0.717) is 5.56 Å². The van der Waals surface area contributed by atoms with E-state index >= 15 is 0 Å². The van der Waals surface area contributed by atoms with Crippen LogP contribution in [-0.2, 0) is 6.54 Å². The van der Waals surface area contributed by atoms with Crippen LogP contribution in [0.5, 0.6) is 0 Å². The molecule has 0 bridgehead atoms. The van der Waals surface area contributed by atoms with Crippen molar-refractivity contribution in [2.75, 3.05) is 6.54 Å². The van der Waals surface area contributed by atoms with Gasteiger partial charge in [0.15, 0.2) is 0 Å². The summed E-state index contributed by atoms with van der Waals surface area (Å²) in [7, 11) is 0. The number of amides is 1. The van der Waals surface area contributed by atoms with Crippen LogP contribution in [0.4, 0.5) is 0 Å². The number of carbonyl (C=O) groups is 1. The second-order valence-corrected chi connectivity index (χ2v) is 6.31. The second kappa shape index (κ2) is 13.1. The molecule has 1 amide bonds. The SMILES string of the molecule is CCCCCCCCCCCCNC(=O)c1ccc(C[NH])cc1. The molecule has 0 aliphatic rings. The van der Waals surface area contributed by atoms with Crippen molar-refractivity contribution in [2.45, 2.75) is 77.7 Å². The summed E-state index contributed by atoms with van der Waals surface area (Å²) in [6, 6.07) is 7.31. The average Bonchev–Trinajstić information content (AvgIpc) is 2.59. The first-order chi connectivity index (χ1) is 11.3. The Hall–Kier alpha value is -1.35. The maximum absolute atomic E-state index is 11.9. The zero-order valence-electron chi connectivity index (χ0n) is 14.7. The molecule has 3 nitrogen and oxygen atoms in total. The summed E-state index contributed by atoms with van der Waals surface area (Å²) < 4.78 is 0. The Balaban J connectivity index is 1.97. The van der Waals surface area contributed by atoms with Crippen LogP contribution in [0.25, 0.3) is 0 Å². The van der Waals surface area contributed by atoms with E-state index < -0.39 is 0 Å². The van der Waals surface area contributed by atoms with Crippen LogP contribution in [0, 0.1) is 0 Å². The molecule has 0 saturated heterocycles. The second-order valence-electron chi connectivity index (χ2n) is 6.31. The van der Waals surface area contributed by atoms with Crippen LogP contribution in [0.3, 0.4) is 0 Å². The van der Waals surface area contributed by atoms with Gasteiger partial charge in [0.25, 0.3) is 5.91 Å². The first-order valence-electron chi connectivity index (χ1n) is 9.29. The molecule has 23 heavy (non-hydrogen) atoms. The largest absolute Gasteiger partial charge is 0.352 e. The lowest BCUT2D eigenvalue weighted by Crippen LogP contribution is -2.24. The molecule has 0 aliphatic carbocycles. The number of rotatable bonds is 13. The minimum absolute atomic E-state index is 0.00236. The van der Waals surface area contributed by atoms with Crippen molar-refractivity contribution in [3.8, 4) is 0 Å². The standard InChI is InChI=1S/C20H33N2O/c1-2-3-4-5-6-7-8-9-10-11-16-22-20(23)19-14-12-18(17-21)13-15-19/h12-15,21H,2-11,16-17H2,1H3,(H,22,23). The Bertz CT molecular complexity index is 414. The van der Waals surface area contributed by atoms with Gasteiger partial charge in [-0.2, -0.15) is 0 Å². The molecule has 0 atom stereocenters. The van der Waals surface area contributed by atoms with E-state index in [0.717, 1.165) is 18.5 Å². The van der Waals surface area contributed by atoms with E-state index in [-0.39, 0.29) is 12.5 Å². The molecule has 0 unspecified atom stereocenters. The van der Waals surface area contributed by atoms with Crippen molar-refractivity contribution in [1.29, 1.82) is 0 Å². The Morgan fingerprint density at radius 3 is 1.91 bits per heavy atom. The van der Waals surface area contributed by atoms with Gasteiger partial charge in [-0.3, -0.25) is 10.5 Å². The van der Waals surface area contributed by atoms with Gasteiger partial charge in [0, 0.05) is 18.7 Å². The van der Waals surface area contributed by atoms with E-state index in [9.17, 15) is 4.79 Å². The van der Waals surface area contributed by atoms with Crippen LogP contribution >= 0.6 is 0 Å². The zero-order chi connectivity index (χ0) is 16.8. The number of unbranched alkanes of at least 4 members (excludes halogenated alkanes) is 9. The fourth-order valence-corrected chi connectivity index (χ4v) is 2.69. The molecule has 0 aliphatic heterocycles. The molecule has 0 aromatic heterocycles. The van der Waals surface area contributed by atoms with E-state index in [1.165, 1.54) is 57.8 Å². The van der Waals surface area contributed by atoms with Gasteiger partial charge in [-0.05, 0) is 24.1 Å². The van der Waals surface area contributed by atoms with E-state index in [1.807, 2.05) is 12.1 Å². The summed E-state index contributed by atoms with van der Waals surface area (Å²) in [6.45, 7) is 3.28. The molecular formula is C20H33N2O. The predicted molar refractivity (Wildman–Crippen MR) is 97.4 cm³/mol. The third-order valence-electron chi connectivity index (χ3n) is 4.24. The van der Waals surface area contributed by atoms with Gasteiger partial charge in [-0.15, -0.1) is 0 Å². The normalized spacial score (nSPS) is 10.7. The molecule has 3 heteroatoms. The average molecular weight is 317 g/mol. The number of hydrogen-bond acceptors (Lipinski definition) is 1. The highest BCUT2D eigenvalue weighted by Gasteiger charge is 2.04. The van der Waals surface area contributed by atoms with Crippen LogP contribution in [0.1, 0.15) is 87.1 Å². The smallest absolute Gasteiger partial charge is 0.251 e. The molecule has 0 fully saturated rings. The number of benzene rings is 1. The van der Waals surface area contributed by atoms with Crippen LogP contribution in [-0.4, -0.2) is 12.5 Å². The number of nitrogens with one attached hydrogen (secondary N) is 2. The molecule has 1 radical (unpaired) electrons. The Morgan fingerprint density at radius 1 is 0.870 bits per heavy atom. The monoisotopic (exact) mass is 317 g/mol. The third kappa shape index (κ3) is 9.39. The quantitative estimate of drug-likeness (QED) is 0.504. The van der Waals surface area contributed by atoms with E-state index in [2.05, 4.69) is 12.2 Å². The van der Waals surface area contributed by atoms with E-state index in [1.54, 1.807) is 12.1 Å². The molecular weight excluding hydrogens is 284 g/mol. The highest BCUT2D eigenvalue weighted by atomic mass is 16.1. The highest BCUT2D eigenvalue weighted by Crippen LogP contribution is 2.10. The third-order valence-corrected chi connectivity index (χ3v) is 4.24. The molecule has 1 aromatic carbocycles. The molecule has 1 aromatic rings. The summed E-state index contributed by atoms with van der Waals surface area (Å²) in [5.41, 5.74) is 8.90. The van der Waals surface area contributed by atoms with Crippen molar-refractivity contribution >= 4 is 5.91 Å². The first kappa shape index (κ1) is 19.7. The van der Waals surface area contributed by atoms with Gasteiger partial charge >= 0.3 is 0 Å².